The van der Waals surface area contributed by atoms with Gasteiger partial charge in [-0.05, 0) is 13.0 Å². The van der Waals surface area contributed by atoms with Crippen LogP contribution in [0.2, 0.25) is 0 Å². The van der Waals surface area contributed by atoms with Gasteiger partial charge in [0.15, 0.2) is 0 Å². The van der Waals surface area contributed by atoms with Crippen molar-refractivity contribution in [3.63, 3.8) is 0 Å². The highest BCUT2D eigenvalue weighted by atomic mass is 19.3. The number of carbonyl (C=O) groups excluding carboxylic acids is 1. The van der Waals surface area contributed by atoms with Crippen LogP contribution in [0.1, 0.15) is 26.7 Å². The first-order valence-corrected chi connectivity index (χ1v) is 7.28. The predicted octanol–water partition coefficient (Wildman–Crippen LogP) is 1.60. The Morgan fingerprint density at radius 1 is 1.35 bits per heavy atom. The molecule has 2 aliphatic rings. The minimum absolute atomic E-state index is 0.00195. The molecule has 20 heavy (non-hydrogen) atoms. The monoisotopic (exact) mass is 290 g/mol. The largest absolute Gasteiger partial charge is 0.374 e. The van der Waals surface area contributed by atoms with Crippen molar-refractivity contribution >= 4 is 5.91 Å². The fourth-order valence-electron chi connectivity index (χ4n) is 2.80. The van der Waals surface area contributed by atoms with Gasteiger partial charge in [-0.3, -0.25) is 9.69 Å². The summed E-state index contributed by atoms with van der Waals surface area (Å²) in [6, 6.07) is -0.704. The third kappa shape index (κ3) is 3.47. The fraction of sp³-hybridized carbons (Fsp3) is 0.929. The van der Waals surface area contributed by atoms with Crippen molar-refractivity contribution in [2.75, 3.05) is 33.3 Å². The molecule has 2 unspecified atom stereocenters. The van der Waals surface area contributed by atoms with Crippen molar-refractivity contribution in [3.05, 3.63) is 0 Å². The van der Waals surface area contributed by atoms with Crippen LogP contribution >= 0.6 is 0 Å². The van der Waals surface area contributed by atoms with Crippen LogP contribution in [-0.4, -0.2) is 67.1 Å². The van der Waals surface area contributed by atoms with Gasteiger partial charge in [-0.2, -0.15) is 0 Å². The molecule has 0 N–H and O–H groups in total. The van der Waals surface area contributed by atoms with E-state index in [0.717, 1.165) is 0 Å². The number of ether oxygens (including phenoxy) is 1. The van der Waals surface area contributed by atoms with E-state index in [0.29, 0.717) is 25.6 Å². The van der Waals surface area contributed by atoms with E-state index in [-0.39, 0.29) is 31.4 Å². The molecule has 2 aliphatic heterocycles. The topological polar surface area (TPSA) is 32.8 Å². The zero-order valence-corrected chi connectivity index (χ0v) is 12.4. The molecule has 0 radical (unpaired) electrons. The molecule has 0 spiro atoms. The highest BCUT2D eigenvalue weighted by Gasteiger charge is 2.44. The van der Waals surface area contributed by atoms with Gasteiger partial charge in [0, 0.05) is 32.5 Å². The van der Waals surface area contributed by atoms with E-state index in [4.69, 9.17) is 4.74 Å². The molecule has 0 aromatic heterocycles. The van der Waals surface area contributed by atoms with Crippen molar-refractivity contribution < 1.29 is 18.3 Å². The molecule has 2 heterocycles. The Balaban J connectivity index is 2.02. The van der Waals surface area contributed by atoms with Crippen LogP contribution in [0.15, 0.2) is 0 Å². The van der Waals surface area contributed by atoms with Gasteiger partial charge in [0.1, 0.15) is 0 Å². The van der Waals surface area contributed by atoms with Crippen molar-refractivity contribution in [2.45, 2.75) is 44.8 Å². The second-order valence-corrected chi connectivity index (χ2v) is 6.24. The van der Waals surface area contributed by atoms with Crippen LogP contribution in [0.5, 0.6) is 0 Å². The normalized spacial score (nSPS) is 31.6. The minimum Gasteiger partial charge on any atom is -0.374 e. The summed E-state index contributed by atoms with van der Waals surface area (Å²) in [6.07, 6.45) is -0.529. The van der Waals surface area contributed by atoms with Crippen molar-refractivity contribution in [3.8, 4) is 0 Å². The van der Waals surface area contributed by atoms with Crippen LogP contribution in [0, 0.1) is 5.92 Å². The molecule has 6 heteroatoms. The zero-order valence-electron chi connectivity index (χ0n) is 12.4. The molecule has 0 aromatic carbocycles. The molecule has 2 fully saturated rings. The second kappa shape index (κ2) is 5.93. The average Bonchev–Trinajstić information content (AvgIpc) is 2.41. The molecule has 0 saturated carbocycles. The Bertz CT molecular complexity index is 363. The smallest absolute Gasteiger partial charge is 0.251 e. The number of carbonyl (C=O) groups is 1. The van der Waals surface area contributed by atoms with E-state index in [1.807, 2.05) is 13.8 Å². The summed E-state index contributed by atoms with van der Waals surface area (Å²) < 4.78 is 32.7. The number of hydrogen-bond donors (Lipinski definition) is 0. The molecule has 4 nitrogen and oxygen atoms in total. The first-order valence-electron chi connectivity index (χ1n) is 7.28. The van der Waals surface area contributed by atoms with E-state index in [9.17, 15) is 13.6 Å². The van der Waals surface area contributed by atoms with E-state index in [1.54, 1.807) is 16.8 Å². The lowest BCUT2D eigenvalue weighted by Crippen LogP contribution is -2.57. The number of nitrogens with zero attached hydrogens (tertiary/aromatic N) is 2. The van der Waals surface area contributed by atoms with Gasteiger partial charge in [-0.15, -0.1) is 0 Å². The summed E-state index contributed by atoms with van der Waals surface area (Å²) in [7, 11) is 1.75. The number of likely N-dealkylation sites (tertiary alicyclic amines) is 1. The molecule has 0 aliphatic carbocycles. The third-order valence-electron chi connectivity index (χ3n) is 4.29. The molecule has 116 valence electrons. The number of hydrogen-bond acceptors (Lipinski definition) is 3. The minimum atomic E-state index is -2.73. The van der Waals surface area contributed by atoms with E-state index in [1.165, 1.54) is 0 Å². The second-order valence-electron chi connectivity index (χ2n) is 6.24. The number of halogens is 2. The van der Waals surface area contributed by atoms with Gasteiger partial charge in [-0.25, -0.2) is 8.78 Å². The Labute approximate surface area is 119 Å². The lowest BCUT2D eigenvalue weighted by atomic mass is 9.97. The van der Waals surface area contributed by atoms with Crippen molar-refractivity contribution in [2.24, 2.45) is 5.92 Å². The maximum Gasteiger partial charge on any atom is 0.251 e. The Kier molecular flexibility index (Phi) is 4.64. The molecule has 0 aromatic rings. The van der Waals surface area contributed by atoms with Gasteiger partial charge >= 0.3 is 0 Å². The lowest BCUT2D eigenvalue weighted by Gasteiger charge is -2.41. The first kappa shape index (κ1) is 15.6. The molecule has 0 bridgehead atoms. The van der Waals surface area contributed by atoms with Crippen LogP contribution in [0.4, 0.5) is 8.78 Å². The fourth-order valence-corrected chi connectivity index (χ4v) is 2.80. The van der Waals surface area contributed by atoms with E-state index in [2.05, 4.69) is 0 Å². The van der Waals surface area contributed by atoms with Crippen LogP contribution < -0.4 is 0 Å². The maximum atomic E-state index is 13.5. The number of likely N-dealkylation sites (N-methyl/N-ethyl adjacent to an activating group) is 1. The van der Waals surface area contributed by atoms with Gasteiger partial charge < -0.3 is 9.64 Å². The molecular weight excluding hydrogens is 266 g/mol. The number of morpholine rings is 1. The highest BCUT2D eigenvalue weighted by Crippen LogP contribution is 2.32. The van der Waals surface area contributed by atoms with Crippen LogP contribution in [0.3, 0.4) is 0 Å². The Hall–Kier alpha value is -0.750. The number of rotatable bonds is 2. The van der Waals surface area contributed by atoms with Crippen LogP contribution in [0.25, 0.3) is 0 Å². The van der Waals surface area contributed by atoms with Gasteiger partial charge in [0.2, 0.25) is 5.91 Å². The Morgan fingerprint density at radius 3 is 2.70 bits per heavy atom. The van der Waals surface area contributed by atoms with E-state index < -0.39 is 12.0 Å². The van der Waals surface area contributed by atoms with Crippen LogP contribution in [-0.2, 0) is 9.53 Å². The predicted molar refractivity (Wildman–Crippen MR) is 71.8 cm³/mol. The summed E-state index contributed by atoms with van der Waals surface area (Å²) in [5.41, 5.74) is 0. The summed E-state index contributed by atoms with van der Waals surface area (Å²) in [5, 5.41) is 0. The molecule has 2 atom stereocenters. The molecule has 2 saturated heterocycles. The number of alkyl halides is 2. The molecule has 2 rings (SSSR count). The van der Waals surface area contributed by atoms with E-state index >= 15 is 0 Å². The zero-order chi connectivity index (χ0) is 14.9. The third-order valence-corrected chi connectivity index (χ3v) is 4.29. The Morgan fingerprint density at radius 2 is 2.05 bits per heavy atom. The van der Waals surface area contributed by atoms with Gasteiger partial charge in [0.25, 0.3) is 5.92 Å². The van der Waals surface area contributed by atoms with Crippen molar-refractivity contribution in [1.82, 2.24) is 9.80 Å². The van der Waals surface area contributed by atoms with Gasteiger partial charge in [0.05, 0.1) is 18.8 Å². The molecular formula is C14H24F2N2O2. The first-order chi connectivity index (χ1) is 9.30. The average molecular weight is 290 g/mol. The maximum absolute atomic E-state index is 13.5. The summed E-state index contributed by atoms with van der Waals surface area (Å²) in [5.74, 6) is -2.59. The highest BCUT2D eigenvalue weighted by molar-refractivity contribution is 5.82. The quantitative estimate of drug-likeness (QED) is 0.774. The number of amides is 1. The molecule has 1 amide bonds. The summed E-state index contributed by atoms with van der Waals surface area (Å²) in [4.78, 5) is 16.0. The van der Waals surface area contributed by atoms with Gasteiger partial charge in [-0.1, -0.05) is 13.8 Å². The summed E-state index contributed by atoms with van der Waals surface area (Å²) >= 11 is 0. The standard InChI is InChI=1S/C14H24F2N2O2/c1-10(2)12-9-18(6-7-20-12)13(19)11-8-14(15,16)4-5-17(11)3/h10-12H,4-9H2,1-3H3. The lowest BCUT2D eigenvalue weighted by molar-refractivity contribution is -0.154. The summed E-state index contributed by atoms with van der Waals surface area (Å²) in [6.45, 7) is 5.84. The number of piperidine rings is 1. The SMILES string of the molecule is CC(C)C1CN(C(=O)C2CC(F)(F)CCN2C)CCO1. The van der Waals surface area contributed by atoms with Crippen molar-refractivity contribution in [1.29, 1.82) is 0 Å².